The molecule has 1 aromatic carbocycles. The van der Waals surface area contributed by atoms with E-state index in [0.717, 1.165) is 13.1 Å². The molecule has 0 radical (unpaired) electrons. The van der Waals surface area contributed by atoms with Crippen molar-refractivity contribution in [2.45, 2.75) is 12.8 Å². The minimum atomic E-state index is -3.67. The first-order chi connectivity index (χ1) is 7.47. The molecule has 0 bridgehead atoms. The van der Waals surface area contributed by atoms with Crippen molar-refractivity contribution in [3.8, 4) is 0 Å². The molecule has 1 aliphatic heterocycles. The summed E-state index contributed by atoms with van der Waals surface area (Å²) < 4.78 is 25.9. The second kappa shape index (κ2) is 5.98. The highest BCUT2D eigenvalue weighted by atomic mass is 32.2. The summed E-state index contributed by atoms with van der Waals surface area (Å²) in [6.07, 6.45) is 3.10. The summed E-state index contributed by atoms with van der Waals surface area (Å²) in [5.41, 5.74) is 3.05. The maximum atomic E-state index is 9.19. The molecule has 2 N–H and O–H groups in total. The van der Waals surface area contributed by atoms with Crippen LogP contribution < -0.4 is 5.32 Å². The molecular weight excluding hydrogens is 226 g/mol. The summed E-state index contributed by atoms with van der Waals surface area (Å²) in [6.45, 7) is 2.27. The van der Waals surface area contributed by atoms with Crippen molar-refractivity contribution in [3.63, 3.8) is 0 Å². The van der Waals surface area contributed by atoms with Crippen molar-refractivity contribution in [1.82, 2.24) is 5.32 Å². The zero-order valence-corrected chi connectivity index (χ0v) is 10.1. The molecule has 0 atom stereocenters. The minimum Gasteiger partial charge on any atom is -0.316 e. The fourth-order valence-electron chi connectivity index (χ4n) is 1.62. The molecule has 90 valence electrons. The highest BCUT2D eigenvalue weighted by Crippen LogP contribution is 2.11. The van der Waals surface area contributed by atoms with Crippen LogP contribution in [0.15, 0.2) is 24.3 Å². The molecule has 0 saturated carbocycles. The van der Waals surface area contributed by atoms with Crippen molar-refractivity contribution in [2.24, 2.45) is 0 Å². The van der Waals surface area contributed by atoms with Gasteiger partial charge >= 0.3 is 0 Å². The Morgan fingerprint density at radius 3 is 1.88 bits per heavy atom. The first kappa shape index (κ1) is 13.2. The molecular formula is C11H17NO3S. The van der Waals surface area contributed by atoms with Crippen LogP contribution in [-0.2, 0) is 23.0 Å². The molecule has 0 unspecified atom stereocenters. The third-order valence-electron chi connectivity index (χ3n) is 2.26. The van der Waals surface area contributed by atoms with Crippen molar-refractivity contribution < 1.29 is 13.0 Å². The predicted octanol–water partition coefficient (Wildman–Crippen LogP) is 0.879. The quantitative estimate of drug-likeness (QED) is 0.664. The van der Waals surface area contributed by atoms with Gasteiger partial charge in [0.05, 0.1) is 6.26 Å². The highest BCUT2D eigenvalue weighted by molar-refractivity contribution is 7.85. The molecule has 1 heterocycles. The molecule has 0 fully saturated rings. The first-order valence-electron chi connectivity index (χ1n) is 5.17. The standard InChI is InChI=1S/C10H13N.CH4O3S/c1-2-4-10-6-8-11-7-5-9(10)3-1;1-5(2,3)4/h1-4,11H,5-8H2;1H3,(H,2,3,4). The molecule has 4 nitrogen and oxygen atoms in total. The van der Waals surface area contributed by atoms with Gasteiger partial charge in [0, 0.05) is 0 Å². The Hall–Kier alpha value is -0.910. The van der Waals surface area contributed by atoms with E-state index in [1.165, 1.54) is 24.0 Å². The monoisotopic (exact) mass is 243 g/mol. The maximum Gasteiger partial charge on any atom is 0.261 e. The maximum absolute atomic E-state index is 9.19. The van der Waals surface area contributed by atoms with Crippen LogP contribution in [0, 0.1) is 0 Å². The Balaban J connectivity index is 0.000000221. The third kappa shape index (κ3) is 5.85. The Kier molecular flexibility index (Phi) is 4.92. The Morgan fingerprint density at radius 2 is 1.50 bits per heavy atom. The molecule has 1 aliphatic rings. The number of benzene rings is 1. The molecule has 0 saturated heterocycles. The van der Waals surface area contributed by atoms with Gasteiger partial charge < -0.3 is 5.32 Å². The smallest absolute Gasteiger partial charge is 0.261 e. The molecule has 2 rings (SSSR count). The predicted molar refractivity (Wildman–Crippen MR) is 64.2 cm³/mol. The second-order valence-electron chi connectivity index (χ2n) is 3.75. The Bertz CT molecular complexity index is 396. The van der Waals surface area contributed by atoms with E-state index in [0.29, 0.717) is 6.26 Å². The van der Waals surface area contributed by atoms with Gasteiger partial charge in [-0.3, -0.25) is 4.55 Å². The fraction of sp³-hybridized carbons (Fsp3) is 0.455. The summed E-state index contributed by atoms with van der Waals surface area (Å²) in [5, 5.41) is 3.39. The topological polar surface area (TPSA) is 66.4 Å². The lowest BCUT2D eigenvalue weighted by Crippen LogP contribution is -2.16. The van der Waals surface area contributed by atoms with Gasteiger partial charge in [-0.25, -0.2) is 0 Å². The van der Waals surface area contributed by atoms with E-state index in [2.05, 4.69) is 29.6 Å². The number of nitrogens with one attached hydrogen (secondary N) is 1. The lowest BCUT2D eigenvalue weighted by Gasteiger charge is -2.01. The summed E-state index contributed by atoms with van der Waals surface area (Å²) in [4.78, 5) is 0. The van der Waals surface area contributed by atoms with E-state index in [1.807, 2.05) is 0 Å². The van der Waals surface area contributed by atoms with Gasteiger partial charge in [0.1, 0.15) is 0 Å². The number of hydrogen-bond donors (Lipinski definition) is 2. The van der Waals surface area contributed by atoms with E-state index in [-0.39, 0.29) is 0 Å². The molecule has 0 aromatic heterocycles. The number of hydrogen-bond acceptors (Lipinski definition) is 3. The van der Waals surface area contributed by atoms with Crippen molar-refractivity contribution >= 4 is 10.1 Å². The van der Waals surface area contributed by atoms with Gasteiger partial charge in [0.25, 0.3) is 10.1 Å². The zero-order valence-electron chi connectivity index (χ0n) is 9.31. The van der Waals surface area contributed by atoms with Gasteiger partial charge in [-0.05, 0) is 37.1 Å². The zero-order chi connectivity index (χ0) is 12.0. The van der Waals surface area contributed by atoms with E-state index in [4.69, 9.17) is 4.55 Å². The van der Waals surface area contributed by atoms with Crippen molar-refractivity contribution in [1.29, 1.82) is 0 Å². The summed E-state index contributed by atoms with van der Waals surface area (Å²) in [7, 11) is -3.67. The van der Waals surface area contributed by atoms with Gasteiger partial charge in [0.2, 0.25) is 0 Å². The van der Waals surface area contributed by atoms with Gasteiger partial charge in [-0.15, -0.1) is 0 Å². The van der Waals surface area contributed by atoms with Crippen LogP contribution in [0.4, 0.5) is 0 Å². The lowest BCUT2D eigenvalue weighted by atomic mass is 10.0. The van der Waals surface area contributed by atoms with Crippen LogP contribution in [0.25, 0.3) is 0 Å². The van der Waals surface area contributed by atoms with E-state index in [9.17, 15) is 8.42 Å². The third-order valence-corrected chi connectivity index (χ3v) is 2.26. The fourth-order valence-corrected chi connectivity index (χ4v) is 1.62. The van der Waals surface area contributed by atoms with Crippen molar-refractivity contribution in [3.05, 3.63) is 35.4 Å². The van der Waals surface area contributed by atoms with Crippen LogP contribution in [0.5, 0.6) is 0 Å². The Morgan fingerprint density at radius 1 is 1.12 bits per heavy atom. The summed E-state index contributed by atoms with van der Waals surface area (Å²) >= 11 is 0. The number of rotatable bonds is 0. The molecule has 1 aromatic rings. The summed E-state index contributed by atoms with van der Waals surface area (Å²) in [5.74, 6) is 0. The molecule has 5 heteroatoms. The van der Waals surface area contributed by atoms with Crippen LogP contribution in [0.1, 0.15) is 11.1 Å². The van der Waals surface area contributed by atoms with E-state index >= 15 is 0 Å². The van der Waals surface area contributed by atoms with Crippen molar-refractivity contribution in [2.75, 3.05) is 19.3 Å². The summed E-state index contributed by atoms with van der Waals surface area (Å²) in [6, 6.07) is 8.74. The van der Waals surface area contributed by atoms with Crippen LogP contribution in [0.2, 0.25) is 0 Å². The average Bonchev–Trinajstić information content (AvgIpc) is 2.39. The Labute approximate surface area is 96.4 Å². The molecule has 0 amide bonds. The van der Waals surface area contributed by atoms with E-state index < -0.39 is 10.1 Å². The second-order valence-corrected chi connectivity index (χ2v) is 5.22. The average molecular weight is 243 g/mol. The normalized spacial score (nSPS) is 15.4. The lowest BCUT2D eigenvalue weighted by molar-refractivity contribution is 0.490. The molecule has 0 spiro atoms. The van der Waals surface area contributed by atoms with Gasteiger partial charge in [0.15, 0.2) is 0 Å². The largest absolute Gasteiger partial charge is 0.316 e. The van der Waals surface area contributed by atoms with E-state index in [1.54, 1.807) is 0 Å². The van der Waals surface area contributed by atoms with Crippen LogP contribution >= 0.6 is 0 Å². The first-order valence-corrected chi connectivity index (χ1v) is 7.01. The SMILES string of the molecule is CS(=O)(=O)O.c1ccc2c(c1)CCNCC2. The van der Waals surface area contributed by atoms with Crippen LogP contribution in [0.3, 0.4) is 0 Å². The molecule has 16 heavy (non-hydrogen) atoms. The van der Waals surface area contributed by atoms with Crippen LogP contribution in [-0.4, -0.2) is 32.3 Å². The van der Waals surface area contributed by atoms with Gasteiger partial charge in [-0.2, -0.15) is 8.42 Å². The highest BCUT2D eigenvalue weighted by Gasteiger charge is 2.04. The number of fused-ring (bicyclic) bond motifs is 1. The minimum absolute atomic E-state index is 0.715. The van der Waals surface area contributed by atoms with Gasteiger partial charge in [-0.1, -0.05) is 24.3 Å². The molecule has 0 aliphatic carbocycles.